The highest BCUT2D eigenvalue weighted by Gasteiger charge is 2.44. The summed E-state index contributed by atoms with van der Waals surface area (Å²) in [4.78, 5) is 50.8. The van der Waals surface area contributed by atoms with Gasteiger partial charge in [-0.2, -0.15) is 0 Å². The van der Waals surface area contributed by atoms with E-state index in [4.69, 9.17) is 18.9 Å². The molecule has 3 aromatic heterocycles. The third-order valence-corrected chi connectivity index (χ3v) is 11.5. The summed E-state index contributed by atoms with van der Waals surface area (Å²) in [7, 11) is 2.09. The topological polar surface area (TPSA) is 137 Å². The molecule has 57 heavy (non-hydrogen) atoms. The molecule has 0 radical (unpaired) electrons. The molecule has 3 fully saturated rings. The number of fused-ring (bicyclic) bond motifs is 4. The van der Waals surface area contributed by atoms with Crippen molar-refractivity contribution >= 4 is 45.2 Å². The van der Waals surface area contributed by atoms with Gasteiger partial charge in [0.1, 0.15) is 12.1 Å². The number of aromatic nitrogens is 3. The number of amides is 3. The molecule has 13 heteroatoms. The number of aryl methyl sites for hydroxylation is 1. The number of pyridine rings is 2. The van der Waals surface area contributed by atoms with E-state index < -0.39 is 17.9 Å². The van der Waals surface area contributed by atoms with E-state index in [9.17, 15) is 14.4 Å². The van der Waals surface area contributed by atoms with Gasteiger partial charge >= 0.3 is 0 Å². The van der Waals surface area contributed by atoms with E-state index in [0.29, 0.717) is 75.1 Å². The molecular weight excluding hydrogens is 725 g/mol. The molecule has 9 rings (SSSR count). The van der Waals surface area contributed by atoms with Crippen LogP contribution in [0.1, 0.15) is 59.2 Å². The summed E-state index contributed by atoms with van der Waals surface area (Å²) in [5, 5.41) is 5.01. The molecule has 13 nitrogen and oxygen atoms in total. The summed E-state index contributed by atoms with van der Waals surface area (Å²) in [5.74, 6) is -0.578. The Labute approximate surface area is 330 Å². The van der Waals surface area contributed by atoms with E-state index in [0.717, 1.165) is 58.3 Å². The van der Waals surface area contributed by atoms with Crippen molar-refractivity contribution in [3.8, 4) is 17.0 Å². The molecule has 0 spiro atoms. The van der Waals surface area contributed by atoms with Crippen LogP contribution in [0.4, 0.5) is 5.69 Å². The van der Waals surface area contributed by atoms with Crippen LogP contribution in [0.5, 0.6) is 5.88 Å². The number of rotatable bonds is 15. The molecule has 1 aliphatic carbocycles. The lowest BCUT2D eigenvalue weighted by atomic mass is 9.92. The number of ether oxygens (including phenoxy) is 4. The smallest absolute Gasteiger partial charge is 0.262 e. The summed E-state index contributed by atoms with van der Waals surface area (Å²) in [6.45, 7) is 7.72. The molecule has 5 aromatic rings. The van der Waals surface area contributed by atoms with E-state index in [2.05, 4.69) is 62.6 Å². The van der Waals surface area contributed by atoms with Gasteiger partial charge in [0.2, 0.25) is 11.8 Å². The number of nitrogens with zero attached hydrogens (tertiary/aromatic N) is 5. The Hall–Kier alpha value is -5.63. The second-order valence-corrected chi connectivity index (χ2v) is 15.3. The first kappa shape index (κ1) is 37.0. The van der Waals surface area contributed by atoms with Crippen molar-refractivity contribution in [2.45, 2.75) is 62.9 Å². The number of piperidine rings is 1. The van der Waals surface area contributed by atoms with Crippen LogP contribution in [-0.2, 0) is 26.1 Å². The minimum atomic E-state index is -0.814. The summed E-state index contributed by atoms with van der Waals surface area (Å²) in [6, 6.07) is 17.0. The first-order valence-electron chi connectivity index (χ1n) is 19.8. The molecule has 1 N–H and O–H groups in total. The average Bonchev–Trinajstić information content (AvgIpc) is 3.61. The SMILES string of the molecule is C=C1CCC(N2C(=O)c3ccc(N4CC(OCCCOCCCOC5CC(Oc6ccc(-c7ccc8c9cnccc9n(C)c8c7)cn6)C5)C4)cc3C2=O)C(=O)N1. The van der Waals surface area contributed by atoms with Gasteiger partial charge < -0.3 is 33.7 Å². The first-order valence-corrected chi connectivity index (χ1v) is 19.8. The van der Waals surface area contributed by atoms with E-state index in [1.54, 1.807) is 12.1 Å². The van der Waals surface area contributed by atoms with Crippen LogP contribution in [0.15, 0.2) is 85.5 Å². The van der Waals surface area contributed by atoms with E-state index in [-0.39, 0.29) is 24.2 Å². The molecule has 3 aliphatic heterocycles. The quantitative estimate of drug-likeness (QED) is 0.103. The Bertz CT molecular complexity index is 2350. The van der Waals surface area contributed by atoms with Crippen LogP contribution < -0.4 is 15.0 Å². The summed E-state index contributed by atoms with van der Waals surface area (Å²) in [6.07, 6.45) is 10.3. The summed E-state index contributed by atoms with van der Waals surface area (Å²) >= 11 is 0. The van der Waals surface area contributed by atoms with Crippen LogP contribution in [0, 0.1) is 0 Å². The number of hydrogen-bond donors (Lipinski definition) is 1. The number of imide groups is 1. The Morgan fingerprint density at radius 3 is 2.33 bits per heavy atom. The van der Waals surface area contributed by atoms with Gasteiger partial charge in [-0.3, -0.25) is 24.3 Å². The van der Waals surface area contributed by atoms with Gasteiger partial charge in [0.25, 0.3) is 11.8 Å². The zero-order chi connectivity index (χ0) is 39.0. The van der Waals surface area contributed by atoms with E-state index >= 15 is 0 Å². The second kappa shape index (κ2) is 15.7. The van der Waals surface area contributed by atoms with Crippen molar-refractivity contribution in [3.63, 3.8) is 0 Å². The molecule has 294 valence electrons. The van der Waals surface area contributed by atoms with Gasteiger partial charge in [0, 0.05) is 117 Å². The lowest BCUT2D eigenvalue weighted by Crippen LogP contribution is -2.52. The fourth-order valence-corrected chi connectivity index (χ4v) is 8.19. The van der Waals surface area contributed by atoms with Crippen molar-refractivity contribution in [1.29, 1.82) is 0 Å². The third kappa shape index (κ3) is 7.38. The van der Waals surface area contributed by atoms with E-state index in [1.165, 1.54) is 10.9 Å². The highest BCUT2D eigenvalue weighted by molar-refractivity contribution is 6.23. The second-order valence-electron chi connectivity index (χ2n) is 15.3. The average molecular weight is 771 g/mol. The zero-order valence-corrected chi connectivity index (χ0v) is 32.0. The maximum atomic E-state index is 13.2. The van der Waals surface area contributed by atoms with Crippen molar-refractivity contribution < 1.29 is 33.3 Å². The molecule has 0 bridgehead atoms. The van der Waals surface area contributed by atoms with Crippen LogP contribution >= 0.6 is 0 Å². The summed E-state index contributed by atoms with van der Waals surface area (Å²) < 4.78 is 26.2. The Morgan fingerprint density at radius 2 is 1.56 bits per heavy atom. The highest BCUT2D eigenvalue weighted by atomic mass is 16.5. The standard InChI is InChI=1S/C44H46N6O7/c1-27-5-11-39(42(51)47-27)50-43(52)35-10-8-30(20-36(35)44(50)53)49-25-33(26-49)56-18-4-16-54-15-3-17-55-31-21-32(22-31)57-41-12-7-29(23-46-41)28-6-9-34-37-24-45-14-13-38(37)48(2)40(34)19-28/h6-10,12-14,19-20,23-24,31-33,39H,1,3-5,11,15-18,21-22,25-26H2,2H3,(H,47,51). The molecule has 1 saturated carbocycles. The lowest BCUT2D eigenvalue weighted by Gasteiger charge is -2.40. The van der Waals surface area contributed by atoms with E-state index in [1.807, 2.05) is 36.8 Å². The molecule has 6 heterocycles. The highest BCUT2D eigenvalue weighted by Crippen LogP contribution is 2.34. The van der Waals surface area contributed by atoms with Crippen molar-refractivity contribution in [2.24, 2.45) is 7.05 Å². The Kier molecular flexibility index (Phi) is 10.2. The number of benzene rings is 2. The molecule has 2 aromatic carbocycles. The number of allylic oxidation sites excluding steroid dienone is 1. The predicted molar refractivity (Wildman–Crippen MR) is 214 cm³/mol. The number of carbonyl (C=O) groups is 3. The molecule has 3 amide bonds. The van der Waals surface area contributed by atoms with Crippen molar-refractivity contribution in [1.82, 2.24) is 24.8 Å². The predicted octanol–water partition coefficient (Wildman–Crippen LogP) is 5.81. The van der Waals surface area contributed by atoms with Gasteiger partial charge in [-0.25, -0.2) is 4.98 Å². The minimum absolute atomic E-state index is 0.0973. The lowest BCUT2D eigenvalue weighted by molar-refractivity contribution is -0.125. The number of anilines is 1. The number of nitrogens with one attached hydrogen (secondary N) is 1. The molecule has 4 aliphatic rings. The third-order valence-electron chi connectivity index (χ3n) is 11.5. The zero-order valence-electron chi connectivity index (χ0n) is 32.0. The summed E-state index contributed by atoms with van der Waals surface area (Å²) in [5.41, 5.74) is 6.63. The molecule has 1 unspecified atom stereocenters. The fourth-order valence-electron chi connectivity index (χ4n) is 8.19. The van der Waals surface area contributed by atoms with Gasteiger partial charge in [-0.1, -0.05) is 18.7 Å². The van der Waals surface area contributed by atoms with Crippen LogP contribution in [0.3, 0.4) is 0 Å². The van der Waals surface area contributed by atoms with Crippen molar-refractivity contribution in [3.05, 3.63) is 96.6 Å². The van der Waals surface area contributed by atoms with Crippen LogP contribution in [-0.4, -0.2) is 101 Å². The van der Waals surface area contributed by atoms with Gasteiger partial charge in [-0.05, 0) is 67.6 Å². The number of hydrogen-bond acceptors (Lipinski definition) is 10. The first-order chi connectivity index (χ1) is 27.8. The Balaban J connectivity index is 0.618. The monoisotopic (exact) mass is 770 g/mol. The Morgan fingerprint density at radius 1 is 0.789 bits per heavy atom. The van der Waals surface area contributed by atoms with Crippen LogP contribution in [0.25, 0.3) is 32.9 Å². The molecule has 2 saturated heterocycles. The van der Waals surface area contributed by atoms with Gasteiger partial charge in [-0.15, -0.1) is 0 Å². The molecular formula is C44H46N6O7. The molecule has 1 atom stereocenters. The maximum Gasteiger partial charge on any atom is 0.262 e. The fraction of sp³-hybridized carbons (Fsp3) is 0.386. The van der Waals surface area contributed by atoms with Crippen molar-refractivity contribution in [2.75, 3.05) is 44.4 Å². The minimum Gasteiger partial charge on any atom is -0.474 e. The normalized spacial score (nSPS) is 20.9. The number of carbonyl (C=O) groups excluding carboxylic acids is 3. The van der Waals surface area contributed by atoms with Crippen LogP contribution in [0.2, 0.25) is 0 Å². The maximum absolute atomic E-state index is 13.2. The van der Waals surface area contributed by atoms with Gasteiger partial charge in [0.15, 0.2) is 0 Å². The van der Waals surface area contributed by atoms with Gasteiger partial charge in [0.05, 0.1) is 28.9 Å². The largest absolute Gasteiger partial charge is 0.474 e.